The molecular weight excluding hydrogens is 662 g/mol. The molecule has 0 fully saturated rings. The van der Waals surface area contributed by atoms with Crippen LogP contribution in [-0.2, 0) is 29.0 Å². The van der Waals surface area contributed by atoms with Gasteiger partial charge in [-0.15, -0.1) is 0 Å². The zero-order valence-corrected chi connectivity index (χ0v) is 30.6. The number of carbonyl (C=O) groups is 4. The Kier molecular flexibility index (Phi) is 24.1. The molecule has 256 valence electrons. The van der Waals surface area contributed by atoms with Gasteiger partial charge in [0, 0.05) is 34.6 Å². The van der Waals surface area contributed by atoms with Crippen LogP contribution in [0.25, 0.3) is 0 Å². The van der Waals surface area contributed by atoms with Crippen LogP contribution in [0.3, 0.4) is 0 Å². The predicted octanol–water partition coefficient (Wildman–Crippen LogP) is 6.11. The summed E-state index contributed by atoms with van der Waals surface area (Å²) in [5.41, 5.74) is -0.131. The molecule has 0 spiro atoms. The molecule has 2 aromatic rings. The molecule has 2 amide bonds. The first-order chi connectivity index (χ1) is 22.1. The third kappa shape index (κ3) is 20.1. The number of aromatic carboxylic acids is 2. The molecule has 0 atom stereocenters. The number of anilines is 2. The molecule has 0 bridgehead atoms. The van der Waals surface area contributed by atoms with Gasteiger partial charge in [-0.25, -0.2) is 9.59 Å². The number of amides is 2. The van der Waals surface area contributed by atoms with E-state index in [1.54, 1.807) is 0 Å². The van der Waals surface area contributed by atoms with Crippen LogP contribution in [-0.4, -0.2) is 47.6 Å². The number of benzene rings is 2. The summed E-state index contributed by atoms with van der Waals surface area (Å²) in [5, 5.41) is 45.2. The Morgan fingerprint density at radius 3 is 1.19 bits per heavy atom. The van der Waals surface area contributed by atoms with Gasteiger partial charge in [0.2, 0.25) is 0 Å². The average Bonchev–Trinajstić information content (AvgIpc) is 3.00. The van der Waals surface area contributed by atoms with Crippen LogP contribution >= 0.6 is 0 Å². The molecule has 0 aliphatic carbocycles. The molecule has 0 aliphatic heterocycles. The van der Waals surface area contributed by atoms with Crippen LogP contribution in [0.4, 0.5) is 21.0 Å². The fraction of sp³-hybridized carbons (Fsp3) is 0.529. The second kappa shape index (κ2) is 26.2. The van der Waals surface area contributed by atoms with E-state index in [0.717, 1.165) is 62.8 Å². The summed E-state index contributed by atoms with van der Waals surface area (Å²) in [6, 6.07) is 7.33. The largest absolute Gasteiger partial charge is 2.00 e. The molecular formula is C34H48N2O10Zn. The van der Waals surface area contributed by atoms with Crippen molar-refractivity contribution in [2.45, 2.75) is 104 Å². The number of ether oxygens (including phenoxy) is 2. The van der Waals surface area contributed by atoms with Crippen LogP contribution in [0.2, 0.25) is 0 Å². The van der Waals surface area contributed by atoms with Crippen molar-refractivity contribution in [1.29, 1.82) is 0 Å². The van der Waals surface area contributed by atoms with Crippen molar-refractivity contribution in [2.75, 3.05) is 23.8 Å². The first-order valence-corrected chi connectivity index (χ1v) is 16.0. The average molecular weight is 710 g/mol. The summed E-state index contributed by atoms with van der Waals surface area (Å²) in [5.74, 6) is -3.88. The minimum Gasteiger partial charge on any atom is -0.545 e. The molecule has 4 N–H and O–H groups in total. The Bertz CT molecular complexity index is 1130. The maximum absolute atomic E-state index is 11.6. The first-order valence-electron chi connectivity index (χ1n) is 16.0. The second-order valence-electron chi connectivity index (χ2n) is 10.8. The van der Waals surface area contributed by atoms with Crippen LogP contribution in [0.5, 0.6) is 11.5 Å². The Labute approximate surface area is 290 Å². The SMILES string of the molecule is CCCCCCCCCOC(=O)Nc1ccc(C(=O)[O-])c(O)c1.CCCCCCCCCOC(=O)Nc1ccc(C(=O)[O-])c(O)c1.[Zn+2]. The van der Waals surface area contributed by atoms with Gasteiger partial charge in [0.15, 0.2) is 0 Å². The molecule has 47 heavy (non-hydrogen) atoms. The quantitative estimate of drug-likeness (QED) is 0.0920. The fourth-order valence-electron chi connectivity index (χ4n) is 4.32. The molecule has 2 aromatic carbocycles. The van der Waals surface area contributed by atoms with Gasteiger partial charge in [0.05, 0.1) is 25.2 Å². The maximum atomic E-state index is 11.6. The summed E-state index contributed by atoms with van der Waals surface area (Å²) in [6.07, 6.45) is 14.6. The van der Waals surface area contributed by atoms with Crippen LogP contribution < -0.4 is 20.8 Å². The van der Waals surface area contributed by atoms with Crippen molar-refractivity contribution in [3.8, 4) is 11.5 Å². The monoisotopic (exact) mass is 708 g/mol. The third-order valence-electron chi connectivity index (χ3n) is 6.89. The van der Waals surface area contributed by atoms with Gasteiger partial charge in [-0.3, -0.25) is 10.6 Å². The van der Waals surface area contributed by atoms with Gasteiger partial charge in [-0.05, 0) is 37.1 Å². The van der Waals surface area contributed by atoms with Gasteiger partial charge >= 0.3 is 31.7 Å². The molecule has 13 heteroatoms. The maximum Gasteiger partial charge on any atom is 2.00 e. The van der Waals surface area contributed by atoms with Crippen LogP contribution in [0.1, 0.15) is 124 Å². The number of nitrogens with one attached hydrogen (secondary N) is 2. The van der Waals surface area contributed by atoms with Crippen molar-refractivity contribution < 1.29 is 68.6 Å². The Hall–Kier alpha value is -3.86. The molecule has 0 unspecified atom stereocenters. The number of phenols is 2. The normalized spacial score (nSPS) is 10.1. The number of carbonyl (C=O) groups excluding carboxylic acids is 4. The van der Waals surface area contributed by atoms with E-state index in [4.69, 9.17) is 9.47 Å². The number of carboxylic acid groups (broad SMARTS) is 2. The Morgan fingerprint density at radius 1 is 0.574 bits per heavy atom. The Morgan fingerprint density at radius 2 is 0.894 bits per heavy atom. The topological polar surface area (TPSA) is 197 Å². The first kappa shape index (κ1) is 43.1. The van der Waals surface area contributed by atoms with Gasteiger partial charge in [-0.2, -0.15) is 0 Å². The minimum atomic E-state index is -1.48. The molecule has 12 nitrogen and oxygen atoms in total. The zero-order valence-electron chi connectivity index (χ0n) is 27.6. The van der Waals surface area contributed by atoms with Crippen LogP contribution in [0, 0.1) is 0 Å². The number of carboxylic acids is 2. The summed E-state index contributed by atoms with van der Waals surface area (Å²) in [6.45, 7) is 5.03. The van der Waals surface area contributed by atoms with Crippen molar-refractivity contribution >= 4 is 35.5 Å². The van der Waals surface area contributed by atoms with E-state index in [1.165, 1.54) is 63.5 Å². The van der Waals surface area contributed by atoms with Crippen molar-refractivity contribution in [2.24, 2.45) is 0 Å². The second-order valence-corrected chi connectivity index (χ2v) is 10.8. The summed E-state index contributed by atoms with van der Waals surface area (Å²) < 4.78 is 10.1. The molecule has 2 rings (SSSR count). The van der Waals surface area contributed by atoms with E-state index < -0.39 is 35.6 Å². The molecule has 0 radical (unpaired) electrons. The van der Waals surface area contributed by atoms with E-state index in [-0.39, 0.29) is 42.0 Å². The van der Waals surface area contributed by atoms with Crippen molar-refractivity contribution in [1.82, 2.24) is 0 Å². The van der Waals surface area contributed by atoms with E-state index in [1.807, 2.05) is 0 Å². The van der Waals surface area contributed by atoms with Gasteiger partial charge in [-0.1, -0.05) is 90.9 Å². The fourth-order valence-corrected chi connectivity index (χ4v) is 4.32. The van der Waals surface area contributed by atoms with Crippen molar-refractivity contribution in [3.63, 3.8) is 0 Å². The predicted molar refractivity (Wildman–Crippen MR) is 171 cm³/mol. The number of aromatic hydroxyl groups is 2. The molecule has 0 saturated carbocycles. The zero-order chi connectivity index (χ0) is 34.2. The third-order valence-corrected chi connectivity index (χ3v) is 6.89. The summed E-state index contributed by atoms with van der Waals surface area (Å²) >= 11 is 0. The minimum absolute atomic E-state index is 0. The van der Waals surface area contributed by atoms with Crippen molar-refractivity contribution in [3.05, 3.63) is 47.5 Å². The van der Waals surface area contributed by atoms with Gasteiger partial charge in [0.25, 0.3) is 0 Å². The summed E-state index contributed by atoms with van der Waals surface area (Å²) in [7, 11) is 0. The van der Waals surface area contributed by atoms with E-state index >= 15 is 0 Å². The standard InChI is InChI=1S/2C17H25NO5.Zn/c2*1-2-3-4-5-6-7-8-11-23-17(22)18-13-9-10-14(16(20)21)15(19)12-13;/h2*9-10,12,19H,2-8,11H2,1H3,(H,18,22)(H,20,21);/q;;+2/p-2. The molecule has 0 saturated heterocycles. The van der Waals surface area contributed by atoms with E-state index in [0.29, 0.717) is 13.2 Å². The Balaban J connectivity index is 0.000000882. The summed E-state index contributed by atoms with van der Waals surface area (Å²) in [4.78, 5) is 44.5. The number of hydrogen-bond acceptors (Lipinski definition) is 10. The van der Waals surface area contributed by atoms with Crippen LogP contribution in [0.15, 0.2) is 36.4 Å². The van der Waals surface area contributed by atoms with E-state index in [9.17, 15) is 39.6 Å². The number of unbranched alkanes of at least 4 members (excludes halogenated alkanes) is 12. The smallest absolute Gasteiger partial charge is 0.545 e. The molecule has 0 aromatic heterocycles. The van der Waals surface area contributed by atoms with Gasteiger partial charge < -0.3 is 39.5 Å². The molecule has 0 aliphatic rings. The number of rotatable bonds is 20. The molecule has 0 heterocycles. The van der Waals surface area contributed by atoms with Gasteiger partial charge in [0.1, 0.15) is 11.5 Å². The van der Waals surface area contributed by atoms with E-state index in [2.05, 4.69) is 24.5 Å². The number of hydrogen-bond donors (Lipinski definition) is 4.